The molecule has 1 aliphatic carbocycles. The summed E-state index contributed by atoms with van der Waals surface area (Å²) >= 11 is 0. The summed E-state index contributed by atoms with van der Waals surface area (Å²) in [7, 11) is 0. The van der Waals surface area contributed by atoms with Crippen LogP contribution in [0.3, 0.4) is 0 Å². The smallest absolute Gasteiger partial charge is 0.0209 e. The second kappa shape index (κ2) is 3.82. The summed E-state index contributed by atoms with van der Waals surface area (Å²) in [5.74, 6) is 0. The summed E-state index contributed by atoms with van der Waals surface area (Å²) in [5.41, 5.74) is 0.563. The van der Waals surface area contributed by atoms with Gasteiger partial charge in [0.25, 0.3) is 0 Å². The Labute approximate surface area is 88.1 Å². The Bertz CT molecular complexity index is 196. The Hall–Kier alpha value is -0.0800. The van der Waals surface area contributed by atoms with E-state index in [1.807, 2.05) is 0 Å². The number of likely N-dealkylation sites (tertiary alicyclic amines) is 1. The van der Waals surface area contributed by atoms with E-state index < -0.39 is 0 Å². The van der Waals surface area contributed by atoms with Crippen molar-refractivity contribution in [3.05, 3.63) is 0 Å². The summed E-state index contributed by atoms with van der Waals surface area (Å²) in [6.07, 6.45) is 5.62. The second-order valence-corrected chi connectivity index (χ2v) is 5.60. The second-order valence-electron chi connectivity index (χ2n) is 5.60. The van der Waals surface area contributed by atoms with Crippen molar-refractivity contribution in [2.24, 2.45) is 0 Å². The molecule has 0 radical (unpaired) electrons. The van der Waals surface area contributed by atoms with Crippen LogP contribution in [0.2, 0.25) is 0 Å². The predicted molar refractivity (Wildman–Crippen MR) is 60.5 cm³/mol. The Morgan fingerprint density at radius 1 is 1.36 bits per heavy atom. The third kappa shape index (κ3) is 1.96. The molecule has 1 aliphatic heterocycles. The van der Waals surface area contributed by atoms with Crippen LogP contribution < -0.4 is 5.32 Å². The minimum Gasteiger partial charge on any atom is -0.310 e. The van der Waals surface area contributed by atoms with Gasteiger partial charge < -0.3 is 5.32 Å². The number of nitrogens with zero attached hydrogens (tertiary/aromatic N) is 1. The molecule has 1 heterocycles. The fraction of sp³-hybridized carbons (Fsp3) is 1.00. The van der Waals surface area contributed by atoms with Gasteiger partial charge in [0.1, 0.15) is 0 Å². The molecule has 2 nitrogen and oxygen atoms in total. The Morgan fingerprint density at radius 3 is 2.57 bits per heavy atom. The van der Waals surface area contributed by atoms with Crippen LogP contribution in [0.5, 0.6) is 0 Å². The van der Waals surface area contributed by atoms with E-state index in [1.54, 1.807) is 0 Å². The van der Waals surface area contributed by atoms with Crippen LogP contribution >= 0.6 is 0 Å². The first-order valence-electron chi connectivity index (χ1n) is 6.11. The van der Waals surface area contributed by atoms with Crippen LogP contribution in [0.25, 0.3) is 0 Å². The van der Waals surface area contributed by atoms with Crippen molar-refractivity contribution in [3.63, 3.8) is 0 Å². The molecule has 0 bridgehead atoms. The summed E-state index contributed by atoms with van der Waals surface area (Å²) in [4.78, 5) is 2.70. The lowest BCUT2D eigenvalue weighted by atomic mass is 9.77. The fourth-order valence-corrected chi connectivity index (χ4v) is 2.86. The standard InChI is InChI=1S/C12H24N2/c1-10(2)13-11-5-8-14(9-11)12(3)6-4-7-12/h10-11,13H,4-9H2,1-3H3. The summed E-state index contributed by atoms with van der Waals surface area (Å²) in [6.45, 7) is 9.51. The van der Waals surface area contributed by atoms with Gasteiger partial charge in [-0.2, -0.15) is 0 Å². The van der Waals surface area contributed by atoms with E-state index in [9.17, 15) is 0 Å². The molecule has 2 rings (SSSR count). The molecular formula is C12H24N2. The molecule has 1 saturated carbocycles. The first-order chi connectivity index (χ1) is 6.60. The monoisotopic (exact) mass is 196 g/mol. The lowest BCUT2D eigenvalue weighted by Gasteiger charge is -2.46. The Kier molecular flexibility index (Phi) is 2.85. The topological polar surface area (TPSA) is 15.3 Å². The largest absolute Gasteiger partial charge is 0.310 e. The molecule has 0 amide bonds. The summed E-state index contributed by atoms with van der Waals surface area (Å²) in [5, 5.41) is 3.65. The van der Waals surface area contributed by atoms with Gasteiger partial charge in [0.2, 0.25) is 0 Å². The minimum absolute atomic E-state index is 0.563. The highest BCUT2D eigenvalue weighted by Gasteiger charge is 2.40. The van der Waals surface area contributed by atoms with Gasteiger partial charge in [-0.25, -0.2) is 0 Å². The number of hydrogen-bond donors (Lipinski definition) is 1. The molecule has 1 unspecified atom stereocenters. The average Bonchev–Trinajstić information content (AvgIpc) is 2.47. The van der Waals surface area contributed by atoms with Crippen LogP contribution in [0.15, 0.2) is 0 Å². The maximum Gasteiger partial charge on any atom is 0.0209 e. The van der Waals surface area contributed by atoms with E-state index in [0.717, 1.165) is 6.04 Å². The van der Waals surface area contributed by atoms with Crippen LogP contribution in [-0.2, 0) is 0 Å². The average molecular weight is 196 g/mol. The number of nitrogens with one attached hydrogen (secondary N) is 1. The van der Waals surface area contributed by atoms with E-state index in [4.69, 9.17) is 0 Å². The third-order valence-corrected chi connectivity index (χ3v) is 3.95. The van der Waals surface area contributed by atoms with Crippen molar-refractivity contribution in [2.75, 3.05) is 13.1 Å². The van der Waals surface area contributed by atoms with Gasteiger partial charge in [0, 0.05) is 30.7 Å². The molecule has 2 heteroatoms. The van der Waals surface area contributed by atoms with Crippen molar-refractivity contribution in [2.45, 2.75) is 64.1 Å². The lowest BCUT2D eigenvalue weighted by Crippen LogP contribution is -2.51. The molecule has 0 aromatic carbocycles. The van der Waals surface area contributed by atoms with Gasteiger partial charge in [-0.1, -0.05) is 13.8 Å². The van der Waals surface area contributed by atoms with E-state index in [0.29, 0.717) is 11.6 Å². The normalized spacial score (nSPS) is 32.1. The van der Waals surface area contributed by atoms with E-state index in [-0.39, 0.29) is 0 Å². The Balaban J connectivity index is 1.82. The molecule has 2 fully saturated rings. The van der Waals surface area contributed by atoms with Gasteiger partial charge in [-0.3, -0.25) is 4.90 Å². The maximum absolute atomic E-state index is 3.65. The van der Waals surface area contributed by atoms with E-state index in [1.165, 1.54) is 38.8 Å². The SMILES string of the molecule is CC(C)NC1CCN(C2(C)CCC2)C1. The number of hydrogen-bond acceptors (Lipinski definition) is 2. The zero-order valence-electron chi connectivity index (χ0n) is 9.84. The van der Waals surface area contributed by atoms with Gasteiger partial charge in [-0.05, 0) is 32.6 Å². The molecule has 0 aromatic heterocycles. The number of rotatable bonds is 3. The van der Waals surface area contributed by atoms with Crippen molar-refractivity contribution >= 4 is 0 Å². The molecule has 82 valence electrons. The molecule has 1 saturated heterocycles. The van der Waals surface area contributed by atoms with Crippen LogP contribution in [0.4, 0.5) is 0 Å². The Morgan fingerprint density at radius 2 is 2.07 bits per heavy atom. The summed E-state index contributed by atoms with van der Waals surface area (Å²) in [6, 6.07) is 1.38. The van der Waals surface area contributed by atoms with E-state index in [2.05, 4.69) is 31.0 Å². The lowest BCUT2D eigenvalue weighted by molar-refractivity contribution is 0.0520. The van der Waals surface area contributed by atoms with E-state index >= 15 is 0 Å². The first-order valence-corrected chi connectivity index (χ1v) is 6.11. The summed E-state index contributed by atoms with van der Waals surface area (Å²) < 4.78 is 0. The molecule has 2 aliphatic rings. The molecule has 14 heavy (non-hydrogen) atoms. The van der Waals surface area contributed by atoms with Crippen molar-refractivity contribution in [1.82, 2.24) is 10.2 Å². The third-order valence-electron chi connectivity index (χ3n) is 3.95. The predicted octanol–water partition coefficient (Wildman–Crippen LogP) is 2.00. The van der Waals surface area contributed by atoms with Crippen molar-refractivity contribution in [1.29, 1.82) is 0 Å². The maximum atomic E-state index is 3.65. The highest BCUT2D eigenvalue weighted by atomic mass is 15.2. The van der Waals surface area contributed by atoms with Crippen molar-refractivity contribution in [3.8, 4) is 0 Å². The first kappa shape index (κ1) is 10.4. The zero-order chi connectivity index (χ0) is 10.2. The molecule has 0 aromatic rings. The van der Waals surface area contributed by atoms with Gasteiger partial charge in [0.15, 0.2) is 0 Å². The van der Waals surface area contributed by atoms with Gasteiger partial charge in [0.05, 0.1) is 0 Å². The molecule has 0 spiro atoms. The van der Waals surface area contributed by atoms with Crippen LogP contribution in [0, 0.1) is 0 Å². The molecular weight excluding hydrogens is 172 g/mol. The molecule has 1 N–H and O–H groups in total. The molecule has 1 atom stereocenters. The quantitative estimate of drug-likeness (QED) is 0.743. The van der Waals surface area contributed by atoms with Crippen molar-refractivity contribution < 1.29 is 0 Å². The fourth-order valence-electron chi connectivity index (χ4n) is 2.86. The highest BCUT2D eigenvalue weighted by molar-refractivity contribution is 4.98. The van der Waals surface area contributed by atoms with Gasteiger partial charge in [-0.15, -0.1) is 0 Å². The minimum atomic E-state index is 0.563. The van der Waals surface area contributed by atoms with Gasteiger partial charge >= 0.3 is 0 Å². The van der Waals surface area contributed by atoms with Crippen LogP contribution in [0.1, 0.15) is 46.5 Å². The zero-order valence-corrected chi connectivity index (χ0v) is 9.84. The highest BCUT2D eigenvalue weighted by Crippen LogP contribution is 2.38. The van der Waals surface area contributed by atoms with Crippen LogP contribution in [-0.4, -0.2) is 35.6 Å².